The summed E-state index contributed by atoms with van der Waals surface area (Å²) < 4.78 is 0. The van der Waals surface area contributed by atoms with Gasteiger partial charge in [-0.05, 0) is 30.9 Å². The third kappa shape index (κ3) is 2.92. The Balaban J connectivity index is 1.47. The first-order valence-electron chi connectivity index (χ1n) is 8.63. The van der Waals surface area contributed by atoms with Crippen LogP contribution in [0.2, 0.25) is 0 Å². The van der Waals surface area contributed by atoms with Crippen LogP contribution >= 0.6 is 0 Å². The van der Waals surface area contributed by atoms with Gasteiger partial charge in [0.15, 0.2) is 5.69 Å². The average molecular weight is 350 g/mol. The highest BCUT2D eigenvalue weighted by molar-refractivity contribution is 5.92. The lowest BCUT2D eigenvalue weighted by Gasteiger charge is -2.42. The maximum absolute atomic E-state index is 12.8. The molecule has 26 heavy (non-hydrogen) atoms. The van der Waals surface area contributed by atoms with Gasteiger partial charge in [-0.2, -0.15) is 15.2 Å². The third-order valence-corrected chi connectivity index (χ3v) is 5.06. The average Bonchev–Trinajstić information content (AvgIpc) is 3.17. The van der Waals surface area contributed by atoms with Gasteiger partial charge in [0, 0.05) is 19.1 Å². The molecule has 8 heteroatoms. The number of hydrogen-bond acceptors (Lipinski definition) is 5. The second-order valence-corrected chi connectivity index (χ2v) is 6.69. The van der Waals surface area contributed by atoms with Crippen molar-refractivity contribution < 1.29 is 9.59 Å². The van der Waals surface area contributed by atoms with Gasteiger partial charge in [0.25, 0.3) is 5.91 Å². The Hall–Kier alpha value is -3.21. The van der Waals surface area contributed by atoms with Crippen molar-refractivity contribution in [3.63, 3.8) is 0 Å². The molecule has 1 aromatic carbocycles. The van der Waals surface area contributed by atoms with E-state index in [4.69, 9.17) is 5.26 Å². The Bertz CT molecular complexity index is 871. The molecule has 2 fully saturated rings. The summed E-state index contributed by atoms with van der Waals surface area (Å²) in [5, 5.41) is 20.5. The van der Waals surface area contributed by atoms with Gasteiger partial charge in [-0.3, -0.25) is 9.59 Å². The van der Waals surface area contributed by atoms with Crippen LogP contribution in [0, 0.1) is 23.2 Å². The van der Waals surface area contributed by atoms with Gasteiger partial charge in [0.2, 0.25) is 5.91 Å². The van der Waals surface area contributed by atoms with Crippen molar-refractivity contribution in [2.45, 2.75) is 18.9 Å². The van der Waals surface area contributed by atoms with Gasteiger partial charge >= 0.3 is 0 Å². The van der Waals surface area contributed by atoms with E-state index in [2.05, 4.69) is 15.5 Å². The fourth-order valence-electron chi connectivity index (χ4n) is 3.66. The molecule has 2 aliphatic rings. The van der Waals surface area contributed by atoms with E-state index in [0.717, 1.165) is 5.69 Å². The van der Waals surface area contributed by atoms with Crippen molar-refractivity contribution in [1.29, 1.82) is 5.26 Å². The molecule has 4 rings (SSSR count). The summed E-state index contributed by atoms with van der Waals surface area (Å²) in [4.78, 5) is 27.8. The van der Waals surface area contributed by atoms with Crippen LogP contribution in [0.25, 0.3) is 5.69 Å². The fourth-order valence-corrected chi connectivity index (χ4v) is 3.66. The summed E-state index contributed by atoms with van der Waals surface area (Å²) in [5.41, 5.74) is 1.08. The summed E-state index contributed by atoms with van der Waals surface area (Å²) in [5.74, 6) is -0.903. The van der Waals surface area contributed by atoms with E-state index in [1.54, 1.807) is 4.90 Å². The molecule has 3 unspecified atom stereocenters. The number of carbonyl (C=O) groups excluding carboxylic acids is 2. The number of hydrogen-bond donors (Lipinski definition) is 1. The zero-order valence-corrected chi connectivity index (χ0v) is 14.1. The van der Waals surface area contributed by atoms with Crippen molar-refractivity contribution in [3.8, 4) is 11.8 Å². The van der Waals surface area contributed by atoms with Crippen LogP contribution in [-0.4, -0.2) is 50.8 Å². The number of piperidine rings is 2. The number of fused-ring (bicyclic) bond motifs is 1. The first kappa shape index (κ1) is 16.3. The number of amides is 2. The molecule has 3 heterocycles. The lowest BCUT2D eigenvalue weighted by molar-refractivity contribution is -0.128. The number of likely N-dealkylation sites (tertiary alicyclic amines) is 1. The second kappa shape index (κ2) is 6.59. The van der Waals surface area contributed by atoms with Crippen molar-refractivity contribution in [2.24, 2.45) is 11.8 Å². The summed E-state index contributed by atoms with van der Waals surface area (Å²) in [6, 6.07) is 11.5. The second-order valence-electron chi connectivity index (χ2n) is 6.69. The molecule has 1 N–H and O–H groups in total. The SMILES string of the molecule is N#CC1CC2CN(C(=O)c3cnn(-c4ccccc4)n3)CCC2NC1=O. The molecule has 0 aliphatic carbocycles. The lowest BCUT2D eigenvalue weighted by Crippen LogP contribution is -2.57. The monoisotopic (exact) mass is 350 g/mol. The maximum Gasteiger partial charge on any atom is 0.276 e. The number of carbonyl (C=O) groups is 2. The summed E-state index contributed by atoms with van der Waals surface area (Å²) >= 11 is 0. The minimum Gasteiger partial charge on any atom is -0.352 e. The van der Waals surface area contributed by atoms with Gasteiger partial charge in [0.1, 0.15) is 5.92 Å². The molecule has 2 aromatic rings. The first-order chi connectivity index (χ1) is 12.7. The largest absolute Gasteiger partial charge is 0.352 e. The van der Waals surface area contributed by atoms with Crippen LogP contribution in [0.5, 0.6) is 0 Å². The summed E-state index contributed by atoms with van der Waals surface area (Å²) in [6.07, 6.45) is 2.66. The Morgan fingerprint density at radius 3 is 2.88 bits per heavy atom. The molecule has 1 aromatic heterocycles. The zero-order chi connectivity index (χ0) is 18.1. The highest BCUT2D eigenvalue weighted by Crippen LogP contribution is 2.28. The normalized spacial score (nSPS) is 25.1. The van der Waals surface area contributed by atoms with E-state index in [-0.39, 0.29) is 23.8 Å². The quantitative estimate of drug-likeness (QED) is 0.861. The Morgan fingerprint density at radius 2 is 2.12 bits per heavy atom. The molecule has 2 aliphatic heterocycles. The number of aromatic nitrogens is 3. The van der Waals surface area contributed by atoms with Crippen molar-refractivity contribution in [2.75, 3.05) is 13.1 Å². The highest BCUT2D eigenvalue weighted by atomic mass is 16.2. The van der Waals surface area contributed by atoms with Crippen LogP contribution < -0.4 is 5.32 Å². The molecule has 0 bridgehead atoms. The molecule has 132 valence electrons. The standard InChI is InChI=1S/C18H18N6O2/c19-9-12-8-13-11-23(7-6-15(13)21-17(12)25)18(26)16-10-20-24(22-16)14-4-2-1-3-5-14/h1-5,10,12-13,15H,6-8,11H2,(H,21,25). The highest BCUT2D eigenvalue weighted by Gasteiger charge is 2.40. The molecular formula is C18H18N6O2. The van der Waals surface area contributed by atoms with Crippen LogP contribution in [0.15, 0.2) is 36.5 Å². The molecule has 0 saturated carbocycles. The summed E-state index contributed by atoms with van der Waals surface area (Å²) in [6.45, 7) is 1.07. The number of nitrogens with one attached hydrogen (secondary N) is 1. The van der Waals surface area contributed by atoms with Crippen LogP contribution in [0.4, 0.5) is 0 Å². The number of para-hydroxylation sites is 1. The van der Waals surface area contributed by atoms with Crippen molar-refractivity contribution in [1.82, 2.24) is 25.2 Å². The number of rotatable bonds is 2. The van der Waals surface area contributed by atoms with E-state index >= 15 is 0 Å². The molecule has 0 radical (unpaired) electrons. The topological polar surface area (TPSA) is 104 Å². The summed E-state index contributed by atoms with van der Waals surface area (Å²) in [7, 11) is 0. The van der Waals surface area contributed by atoms with Crippen LogP contribution in [0.3, 0.4) is 0 Å². The van der Waals surface area contributed by atoms with Gasteiger partial charge in [-0.25, -0.2) is 0 Å². The van der Waals surface area contributed by atoms with E-state index in [0.29, 0.717) is 31.6 Å². The smallest absolute Gasteiger partial charge is 0.276 e. The third-order valence-electron chi connectivity index (χ3n) is 5.06. The molecular weight excluding hydrogens is 332 g/mol. The van der Waals surface area contributed by atoms with E-state index in [1.807, 2.05) is 36.4 Å². The molecule has 2 amide bonds. The van der Waals surface area contributed by atoms with E-state index < -0.39 is 5.92 Å². The van der Waals surface area contributed by atoms with Crippen molar-refractivity contribution >= 4 is 11.8 Å². The van der Waals surface area contributed by atoms with E-state index in [1.165, 1.54) is 11.0 Å². The van der Waals surface area contributed by atoms with Gasteiger partial charge in [-0.1, -0.05) is 18.2 Å². The Morgan fingerprint density at radius 1 is 1.31 bits per heavy atom. The molecule has 3 atom stereocenters. The number of nitriles is 1. The number of benzene rings is 1. The predicted octanol–water partition coefficient (Wildman–Crippen LogP) is 0.758. The van der Waals surface area contributed by atoms with Crippen molar-refractivity contribution in [3.05, 3.63) is 42.2 Å². The minimum atomic E-state index is -0.634. The molecule has 0 spiro atoms. The maximum atomic E-state index is 12.8. The Labute approximate surface area is 150 Å². The van der Waals surface area contributed by atoms with Gasteiger partial charge in [-0.15, -0.1) is 5.10 Å². The Kier molecular flexibility index (Phi) is 4.13. The zero-order valence-electron chi connectivity index (χ0n) is 14.1. The minimum absolute atomic E-state index is 0.0381. The van der Waals surface area contributed by atoms with Crippen LogP contribution in [-0.2, 0) is 4.79 Å². The van der Waals surface area contributed by atoms with E-state index in [9.17, 15) is 9.59 Å². The molecule has 8 nitrogen and oxygen atoms in total. The van der Waals surface area contributed by atoms with Crippen LogP contribution in [0.1, 0.15) is 23.3 Å². The fraction of sp³-hybridized carbons (Fsp3) is 0.389. The first-order valence-corrected chi connectivity index (χ1v) is 8.63. The van der Waals surface area contributed by atoms with Gasteiger partial charge < -0.3 is 10.2 Å². The predicted molar refractivity (Wildman–Crippen MR) is 91.0 cm³/mol. The van der Waals surface area contributed by atoms with Gasteiger partial charge in [0.05, 0.1) is 18.0 Å². The number of nitrogens with zero attached hydrogens (tertiary/aromatic N) is 5. The molecule has 2 saturated heterocycles. The lowest BCUT2D eigenvalue weighted by atomic mass is 9.80.